The van der Waals surface area contributed by atoms with Gasteiger partial charge in [0, 0.05) is 33.4 Å². The Kier molecular flexibility index (Phi) is 8.55. The van der Waals surface area contributed by atoms with Gasteiger partial charge >= 0.3 is 0 Å². The van der Waals surface area contributed by atoms with Crippen LogP contribution in [0.4, 0.5) is 17.1 Å². The number of anilines is 3. The van der Waals surface area contributed by atoms with Gasteiger partial charge in [0.1, 0.15) is 0 Å². The number of aromatic nitrogens is 1. The molecule has 0 N–H and O–H groups in total. The fraction of sp³-hybridized carbons (Fsp3) is 0. The highest BCUT2D eigenvalue weighted by Gasteiger charge is 2.20. The lowest BCUT2D eigenvalue weighted by Gasteiger charge is -2.28. The first-order chi connectivity index (χ1) is 27.8. The number of benzene rings is 9. The standard InChI is InChI=1S/C54H38N2/c1-4-16-39(17-5-1)41-30-32-43(33-31-41)48-24-10-12-27-51(48)55(46-36-34-42(35-37-46)40-18-6-2-7-19-40)47-23-14-20-44(38-47)49-26-15-29-53-54(49)50-25-11-13-28-52(50)56(53)45-21-8-3-9-22-45/h1-38H. The lowest BCUT2D eigenvalue weighted by Crippen LogP contribution is -2.11. The number of nitrogens with zero attached hydrogens (tertiary/aromatic N) is 2. The predicted octanol–water partition coefficient (Wildman–Crippen LogP) is 14.9. The Morgan fingerprint density at radius 2 is 0.804 bits per heavy atom. The Bertz CT molecular complexity index is 2930. The predicted molar refractivity (Wildman–Crippen MR) is 237 cm³/mol. The van der Waals surface area contributed by atoms with Crippen LogP contribution in [0.25, 0.3) is 72.0 Å². The van der Waals surface area contributed by atoms with Gasteiger partial charge in [0.25, 0.3) is 0 Å². The minimum Gasteiger partial charge on any atom is -0.310 e. The molecule has 0 atom stereocenters. The maximum absolute atomic E-state index is 2.41. The maximum atomic E-state index is 2.41. The van der Waals surface area contributed by atoms with Crippen molar-refractivity contribution in [2.75, 3.05) is 4.90 Å². The normalized spacial score (nSPS) is 11.2. The van der Waals surface area contributed by atoms with E-state index in [-0.39, 0.29) is 0 Å². The van der Waals surface area contributed by atoms with Crippen LogP contribution < -0.4 is 4.90 Å². The van der Waals surface area contributed by atoms with E-state index in [4.69, 9.17) is 0 Å². The van der Waals surface area contributed by atoms with Crippen molar-refractivity contribution in [2.45, 2.75) is 0 Å². The SMILES string of the molecule is c1ccc(-c2ccc(-c3ccccc3N(c3ccc(-c4ccccc4)cc3)c3cccc(-c4cccc5c4c4ccccc4n5-c4ccccc4)c3)cc2)cc1. The van der Waals surface area contributed by atoms with Crippen molar-refractivity contribution < 1.29 is 0 Å². The number of rotatable bonds is 8. The lowest BCUT2D eigenvalue weighted by atomic mass is 9.97. The number of para-hydroxylation sites is 3. The molecule has 0 spiro atoms. The van der Waals surface area contributed by atoms with Crippen molar-refractivity contribution in [3.05, 3.63) is 231 Å². The summed E-state index contributed by atoms with van der Waals surface area (Å²) in [6.45, 7) is 0. The van der Waals surface area contributed by atoms with Gasteiger partial charge in [-0.1, -0.05) is 176 Å². The van der Waals surface area contributed by atoms with E-state index in [0.29, 0.717) is 0 Å². The van der Waals surface area contributed by atoms with E-state index in [1.165, 1.54) is 60.8 Å². The van der Waals surface area contributed by atoms with Crippen molar-refractivity contribution in [1.82, 2.24) is 4.57 Å². The Morgan fingerprint density at radius 1 is 0.304 bits per heavy atom. The van der Waals surface area contributed by atoms with E-state index in [2.05, 4.69) is 240 Å². The molecule has 0 bridgehead atoms. The van der Waals surface area contributed by atoms with Gasteiger partial charge in [-0.25, -0.2) is 0 Å². The van der Waals surface area contributed by atoms with Crippen molar-refractivity contribution in [3.8, 4) is 50.2 Å². The molecule has 9 aromatic carbocycles. The van der Waals surface area contributed by atoms with Crippen LogP contribution in [0.2, 0.25) is 0 Å². The van der Waals surface area contributed by atoms with Gasteiger partial charge in [-0.05, 0) is 93.5 Å². The first-order valence-electron chi connectivity index (χ1n) is 19.2. The molecule has 56 heavy (non-hydrogen) atoms. The zero-order valence-corrected chi connectivity index (χ0v) is 30.8. The van der Waals surface area contributed by atoms with E-state index in [9.17, 15) is 0 Å². The van der Waals surface area contributed by atoms with Gasteiger partial charge in [-0.2, -0.15) is 0 Å². The third-order valence-corrected chi connectivity index (χ3v) is 10.8. The highest BCUT2D eigenvalue weighted by Crippen LogP contribution is 2.44. The van der Waals surface area contributed by atoms with Gasteiger partial charge in [-0.15, -0.1) is 0 Å². The van der Waals surface area contributed by atoms with Gasteiger partial charge in [0.2, 0.25) is 0 Å². The lowest BCUT2D eigenvalue weighted by molar-refractivity contribution is 1.18. The van der Waals surface area contributed by atoms with E-state index < -0.39 is 0 Å². The number of fused-ring (bicyclic) bond motifs is 3. The van der Waals surface area contributed by atoms with E-state index in [1.54, 1.807) is 0 Å². The van der Waals surface area contributed by atoms with Crippen LogP contribution in [0.15, 0.2) is 231 Å². The average molecular weight is 715 g/mol. The van der Waals surface area contributed by atoms with E-state index in [0.717, 1.165) is 28.3 Å². The highest BCUT2D eigenvalue weighted by molar-refractivity contribution is 6.16. The van der Waals surface area contributed by atoms with Crippen molar-refractivity contribution >= 4 is 38.9 Å². The summed E-state index contributed by atoms with van der Waals surface area (Å²) in [4.78, 5) is 2.41. The van der Waals surface area contributed by atoms with Crippen LogP contribution in [0.5, 0.6) is 0 Å². The minimum atomic E-state index is 1.09. The van der Waals surface area contributed by atoms with Crippen molar-refractivity contribution in [3.63, 3.8) is 0 Å². The molecule has 0 aliphatic rings. The summed E-state index contributed by atoms with van der Waals surface area (Å²) in [5, 5.41) is 2.49. The molecule has 264 valence electrons. The molecule has 0 fully saturated rings. The van der Waals surface area contributed by atoms with Crippen molar-refractivity contribution in [1.29, 1.82) is 0 Å². The van der Waals surface area contributed by atoms with Crippen LogP contribution in [0.1, 0.15) is 0 Å². The molecule has 0 saturated carbocycles. The van der Waals surface area contributed by atoms with Gasteiger partial charge in [0.05, 0.1) is 16.7 Å². The Hall–Kier alpha value is -7.42. The van der Waals surface area contributed by atoms with Crippen LogP contribution >= 0.6 is 0 Å². The molecular formula is C54H38N2. The van der Waals surface area contributed by atoms with Gasteiger partial charge in [0.15, 0.2) is 0 Å². The molecule has 0 amide bonds. The second kappa shape index (κ2) is 14.4. The molecule has 0 aliphatic carbocycles. The first-order valence-corrected chi connectivity index (χ1v) is 19.2. The second-order valence-corrected chi connectivity index (χ2v) is 14.1. The largest absolute Gasteiger partial charge is 0.310 e. The summed E-state index contributed by atoms with van der Waals surface area (Å²) < 4.78 is 2.39. The quantitative estimate of drug-likeness (QED) is 0.152. The fourth-order valence-corrected chi connectivity index (χ4v) is 8.17. The molecule has 10 rings (SSSR count). The monoisotopic (exact) mass is 714 g/mol. The summed E-state index contributed by atoms with van der Waals surface area (Å²) in [6.07, 6.45) is 0. The minimum absolute atomic E-state index is 1.09. The Balaban J connectivity index is 1.14. The average Bonchev–Trinajstić information content (AvgIpc) is 3.63. The first kappa shape index (κ1) is 33.2. The highest BCUT2D eigenvalue weighted by atomic mass is 15.1. The van der Waals surface area contributed by atoms with Crippen molar-refractivity contribution in [2.24, 2.45) is 0 Å². The van der Waals surface area contributed by atoms with Crippen LogP contribution in [0, 0.1) is 0 Å². The molecule has 1 aromatic heterocycles. The number of hydrogen-bond acceptors (Lipinski definition) is 1. The zero-order valence-electron chi connectivity index (χ0n) is 30.8. The Morgan fingerprint density at radius 3 is 1.52 bits per heavy atom. The molecule has 2 nitrogen and oxygen atoms in total. The third kappa shape index (κ3) is 6.04. The molecule has 0 saturated heterocycles. The van der Waals surface area contributed by atoms with E-state index >= 15 is 0 Å². The molecule has 0 aliphatic heterocycles. The van der Waals surface area contributed by atoms with Gasteiger partial charge < -0.3 is 9.47 Å². The van der Waals surface area contributed by atoms with Crippen LogP contribution in [0.3, 0.4) is 0 Å². The summed E-state index contributed by atoms with van der Waals surface area (Å²) in [5.41, 5.74) is 16.4. The summed E-state index contributed by atoms with van der Waals surface area (Å²) in [5.74, 6) is 0. The summed E-state index contributed by atoms with van der Waals surface area (Å²) in [7, 11) is 0. The topological polar surface area (TPSA) is 8.17 Å². The summed E-state index contributed by atoms with van der Waals surface area (Å²) in [6, 6.07) is 83.0. The fourth-order valence-electron chi connectivity index (χ4n) is 8.17. The molecular weight excluding hydrogens is 677 g/mol. The van der Waals surface area contributed by atoms with Crippen LogP contribution in [-0.4, -0.2) is 4.57 Å². The zero-order chi connectivity index (χ0) is 37.3. The molecule has 1 heterocycles. The number of hydrogen-bond donors (Lipinski definition) is 0. The van der Waals surface area contributed by atoms with Gasteiger partial charge in [-0.3, -0.25) is 0 Å². The second-order valence-electron chi connectivity index (χ2n) is 14.1. The molecule has 2 heteroatoms. The summed E-state index contributed by atoms with van der Waals surface area (Å²) >= 11 is 0. The Labute approximate surface area is 327 Å². The molecule has 0 unspecified atom stereocenters. The third-order valence-electron chi connectivity index (χ3n) is 10.8. The maximum Gasteiger partial charge on any atom is 0.0547 e. The smallest absolute Gasteiger partial charge is 0.0547 e. The molecule has 0 radical (unpaired) electrons. The van der Waals surface area contributed by atoms with E-state index in [1.807, 2.05) is 0 Å². The molecule has 10 aromatic rings. The van der Waals surface area contributed by atoms with Crippen LogP contribution in [-0.2, 0) is 0 Å².